The van der Waals surface area contributed by atoms with Crippen LogP contribution in [0.1, 0.15) is 104 Å². The molecule has 0 bridgehead atoms. The summed E-state index contributed by atoms with van der Waals surface area (Å²) in [6.45, 7) is 13.6. The lowest BCUT2D eigenvalue weighted by atomic mass is 9.93. The minimum Gasteiger partial charge on any atom is -0.444 e. The molecule has 36 heavy (non-hydrogen) atoms. The molecule has 1 fully saturated rings. The van der Waals surface area contributed by atoms with Gasteiger partial charge in [0.1, 0.15) is 17.7 Å². The summed E-state index contributed by atoms with van der Waals surface area (Å²) in [6.07, 6.45) is 6.32. The van der Waals surface area contributed by atoms with Gasteiger partial charge in [-0.15, -0.1) is 0 Å². The van der Waals surface area contributed by atoms with Crippen molar-refractivity contribution in [3.05, 3.63) is 35.4 Å². The Morgan fingerprint density at radius 3 is 2.28 bits per heavy atom. The van der Waals surface area contributed by atoms with E-state index in [9.17, 15) is 14.4 Å². The summed E-state index contributed by atoms with van der Waals surface area (Å²) in [4.78, 5) is 42.2. The Hall–Kier alpha value is -2.57. The fourth-order valence-electron chi connectivity index (χ4n) is 4.69. The maximum atomic E-state index is 14.1. The van der Waals surface area contributed by atoms with Crippen LogP contribution in [0.3, 0.4) is 0 Å². The van der Waals surface area contributed by atoms with E-state index in [1.54, 1.807) is 25.7 Å². The number of alkyl carbamates (subject to hydrolysis) is 1. The lowest BCUT2D eigenvalue weighted by Gasteiger charge is -2.37. The Kier molecular flexibility index (Phi) is 11.3. The highest BCUT2D eigenvalue weighted by Crippen LogP contribution is 2.28. The van der Waals surface area contributed by atoms with Gasteiger partial charge < -0.3 is 20.3 Å². The molecule has 0 aliphatic heterocycles. The van der Waals surface area contributed by atoms with Gasteiger partial charge in [-0.25, -0.2) is 4.79 Å². The van der Waals surface area contributed by atoms with Crippen LogP contribution in [0.5, 0.6) is 0 Å². The lowest BCUT2D eigenvalue weighted by molar-refractivity contribution is -0.143. The molecule has 7 heteroatoms. The summed E-state index contributed by atoms with van der Waals surface area (Å²) in [7, 11) is 0. The number of amides is 3. The normalized spacial score (nSPS) is 16.2. The highest BCUT2D eigenvalue weighted by molar-refractivity contribution is 5.92. The van der Waals surface area contributed by atoms with E-state index in [0.29, 0.717) is 6.54 Å². The van der Waals surface area contributed by atoms with Crippen LogP contribution in [0.2, 0.25) is 0 Å². The van der Waals surface area contributed by atoms with E-state index in [1.165, 1.54) is 6.42 Å². The fraction of sp³-hybridized carbons (Fsp3) is 0.690. The number of hydrogen-bond donors (Lipinski definition) is 2. The summed E-state index contributed by atoms with van der Waals surface area (Å²) in [5.74, 6) is -0.607. The van der Waals surface area contributed by atoms with Crippen molar-refractivity contribution in [3.63, 3.8) is 0 Å². The molecule has 2 rings (SSSR count). The molecule has 202 valence electrons. The molecule has 2 unspecified atom stereocenters. The van der Waals surface area contributed by atoms with Crippen molar-refractivity contribution in [1.82, 2.24) is 15.5 Å². The van der Waals surface area contributed by atoms with Gasteiger partial charge in [0.15, 0.2) is 0 Å². The molecular formula is C29H47N3O4. The minimum absolute atomic E-state index is 0.127. The molecule has 2 N–H and O–H groups in total. The maximum Gasteiger partial charge on any atom is 0.408 e. The van der Waals surface area contributed by atoms with Crippen LogP contribution in [0.4, 0.5) is 4.79 Å². The summed E-state index contributed by atoms with van der Waals surface area (Å²) in [5.41, 5.74) is 1.09. The van der Waals surface area contributed by atoms with Crippen molar-refractivity contribution in [2.24, 2.45) is 5.92 Å². The van der Waals surface area contributed by atoms with Gasteiger partial charge in [0.25, 0.3) is 0 Å². The number of aryl methyl sites for hydroxylation is 1. The predicted octanol–water partition coefficient (Wildman–Crippen LogP) is 5.66. The highest BCUT2D eigenvalue weighted by Gasteiger charge is 2.38. The molecule has 0 aromatic heterocycles. The quantitative estimate of drug-likeness (QED) is 0.433. The summed E-state index contributed by atoms with van der Waals surface area (Å²) in [6, 6.07) is 6.29. The lowest BCUT2D eigenvalue weighted by Crippen LogP contribution is -2.55. The number of rotatable bonds is 10. The van der Waals surface area contributed by atoms with Gasteiger partial charge in [-0.3, -0.25) is 9.59 Å². The van der Waals surface area contributed by atoms with E-state index >= 15 is 0 Å². The number of unbranched alkanes of at least 4 members (excludes halogenated alkanes) is 1. The zero-order valence-electron chi connectivity index (χ0n) is 23.4. The molecule has 1 aliphatic carbocycles. The average Bonchev–Trinajstić information content (AvgIpc) is 2.80. The van der Waals surface area contributed by atoms with Crippen LogP contribution in [-0.4, -0.2) is 47.0 Å². The molecule has 1 aliphatic rings. The number of benzene rings is 1. The highest BCUT2D eigenvalue weighted by atomic mass is 16.6. The third-order valence-electron chi connectivity index (χ3n) is 6.64. The molecule has 2 atom stereocenters. The molecule has 1 aromatic carbocycles. The summed E-state index contributed by atoms with van der Waals surface area (Å²) >= 11 is 0. The van der Waals surface area contributed by atoms with Crippen molar-refractivity contribution in [3.8, 4) is 0 Å². The van der Waals surface area contributed by atoms with Crippen LogP contribution in [0, 0.1) is 12.8 Å². The largest absolute Gasteiger partial charge is 0.444 e. The van der Waals surface area contributed by atoms with E-state index in [2.05, 4.69) is 17.6 Å². The Morgan fingerprint density at radius 1 is 1.08 bits per heavy atom. The van der Waals surface area contributed by atoms with Crippen molar-refractivity contribution < 1.29 is 19.1 Å². The van der Waals surface area contributed by atoms with Gasteiger partial charge in [-0.1, -0.05) is 70.7 Å². The standard InChI is InChI=1S/C29H47N3O4/c1-8-9-19-32(27(34)24(20(2)3)31-28(35)36-29(5,6)7)25(23-18-14-13-15-21(23)4)26(33)30-22-16-11-10-12-17-22/h13-15,18,20,22,24-25H,8-12,16-17,19H2,1-7H3,(H,30,33)(H,31,35). The molecule has 7 nitrogen and oxygen atoms in total. The molecule has 3 amide bonds. The van der Waals surface area contributed by atoms with Gasteiger partial charge in [0.2, 0.25) is 11.8 Å². The van der Waals surface area contributed by atoms with Gasteiger partial charge in [0, 0.05) is 12.6 Å². The molecule has 1 aromatic rings. The molecule has 0 saturated heterocycles. The first kappa shape index (κ1) is 29.7. The van der Waals surface area contributed by atoms with Crippen molar-refractivity contribution >= 4 is 17.9 Å². The summed E-state index contributed by atoms with van der Waals surface area (Å²) < 4.78 is 5.44. The topological polar surface area (TPSA) is 87.7 Å². The Bertz CT molecular complexity index is 872. The average molecular weight is 502 g/mol. The van der Waals surface area contributed by atoms with Crippen molar-refractivity contribution in [2.45, 2.75) is 117 Å². The van der Waals surface area contributed by atoms with E-state index < -0.39 is 23.8 Å². The predicted molar refractivity (Wildman–Crippen MR) is 144 cm³/mol. The van der Waals surface area contributed by atoms with Crippen LogP contribution in [0.15, 0.2) is 24.3 Å². The number of carbonyl (C=O) groups excluding carboxylic acids is 3. The first-order chi connectivity index (χ1) is 16.9. The van der Waals surface area contributed by atoms with Crippen molar-refractivity contribution in [1.29, 1.82) is 0 Å². The Morgan fingerprint density at radius 2 is 1.72 bits per heavy atom. The van der Waals surface area contributed by atoms with Crippen LogP contribution in [0.25, 0.3) is 0 Å². The third kappa shape index (κ3) is 8.82. The number of nitrogens with zero attached hydrogens (tertiary/aromatic N) is 1. The number of ether oxygens (including phenoxy) is 1. The third-order valence-corrected chi connectivity index (χ3v) is 6.64. The number of nitrogens with one attached hydrogen (secondary N) is 2. The van der Waals surface area contributed by atoms with Crippen LogP contribution >= 0.6 is 0 Å². The fourth-order valence-corrected chi connectivity index (χ4v) is 4.69. The van der Waals surface area contributed by atoms with E-state index in [0.717, 1.165) is 49.7 Å². The van der Waals surface area contributed by atoms with E-state index in [-0.39, 0.29) is 23.8 Å². The zero-order chi connectivity index (χ0) is 26.9. The van der Waals surface area contributed by atoms with Crippen LogP contribution in [-0.2, 0) is 14.3 Å². The smallest absolute Gasteiger partial charge is 0.408 e. The molecule has 0 radical (unpaired) electrons. The van der Waals surface area contributed by atoms with Crippen LogP contribution < -0.4 is 10.6 Å². The SMILES string of the molecule is CCCCN(C(=O)C(NC(=O)OC(C)(C)C)C(C)C)C(C(=O)NC1CCCCC1)c1ccccc1C. The first-order valence-corrected chi connectivity index (χ1v) is 13.6. The van der Waals surface area contributed by atoms with E-state index in [4.69, 9.17) is 4.74 Å². The molecule has 1 saturated carbocycles. The zero-order valence-corrected chi connectivity index (χ0v) is 23.4. The van der Waals surface area contributed by atoms with Gasteiger partial charge in [-0.2, -0.15) is 0 Å². The number of carbonyl (C=O) groups is 3. The van der Waals surface area contributed by atoms with E-state index in [1.807, 2.05) is 45.0 Å². The second-order valence-electron chi connectivity index (χ2n) is 11.4. The minimum atomic E-state index is -0.814. The second kappa shape index (κ2) is 13.7. The number of hydrogen-bond acceptors (Lipinski definition) is 4. The van der Waals surface area contributed by atoms with Gasteiger partial charge in [0.05, 0.1) is 0 Å². The first-order valence-electron chi connectivity index (χ1n) is 13.6. The van der Waals surface area contributed by atoms with Crippen molar-refractivity contribution in [2.75, 3.05) is 6.54 Å². The summed E-state index contributed by atoms with van der Waals surface area (Å²) in [5, 5.41) is 6.04. The monoisotopic (exact) mass is 501 g/mol. The second-order valence-corrected chi connectivity index (χ2v) is 11.4. The van der Waals surface area contributed by atoms with Gasteiger partial charge >= 0.3 is 6.09 Å². The molecular weight excluding hydrogens is 454 g/mol. The van der Waals surface area contributed by atoms with Gasteiger partial charge in [-0.05, 0) is 64.0 Å². The molecule has 0 spiro atoms. The molecule has 0 heterocycles. The Balaban J connectivity index is 2.44. The maximum absolute atomic E-state index is 14.1. The Labute approximate surface area is 217 Å².